The largest absolute Gasteiger partial charge is 0.352 e. The average molecular weight is 229 g/mol. The van der Waals surface area contributed by atoms with Crippen LogP contribution in [-0.2, 0) is 0 Å². The maximum absolute atomic E-state index is 11.9. The molecule has 86 valence electrons. The molecule has 0 radical (unpaired) electrons. The summed E-state index contributed by atoms with van der Waals surface area (Å²) in [6.45, 7) is 1.73. The van der Waals surface area contributed by atoms with Gasteiger partial charge in [0.15, 0.2) is 5.69 Å². The molecule has 4 nitrogen and oxygen atoms in total. The van der Waals surface area contributed by atoms with Gasteiger partial charge in [-0.3, -0.25) is 9.59 Å². The van der Waals surface area contributed by atoms with Crippen molar-refractivity contribution in [2.45, 2.75) is 13.3 Å². The lowest BCUT2D eigenvalue weighted by molar-refractivity contribution is 0.0949. The van der Waals surface area contributed by atoms with Crippen LogP contribution in [0.15, 0.2) is 40.9 Å². The Hall–Kier alpha value is -2.23. The maximum atomic E-state index is 11.9. The topological polar surface area (TPSA) is 60.2 Å². The number of Topliss-reactive ketones (excluding diaryl/α,β-unsaturated/α-hetero) is 1. The Balaban J connectivity index is 2.27. The quantitative estimate of drug-likeness (QED) is 0.756. The Morgan fingerprint density at radius 2 is 1.94 bits per heavy atom. The Morgan fingerprint density at radius 1 is 1.24 bits per heavy atom. The van der Waals surface area contributed by atoms with Crippen molar-refractivity contribution in [3.63, 3.8) is 0 Å². The molecule has 0 fully saturated rings. The van der Waals surface area contributed by atoms with E-state index < -0.39 is 0 Å². The monoisotopic (exact) mass is 229 g/mol. The van der Waals surface area contributed by atoms with Gasteiger partial charge < -0.3 is 4.52 Å². The van der Waals surface area contributed by atoms with E-state index >= 15 is 0 Å². The van der Waals surface area contributed by atoms with Crippen molar-refractivity contribution in [1.82, 2.24) is 5.16 Å². The maximum Gasteiger partial charge on any atom is 0.214 e. The van der Waals surface area contributed by atoms with E-state index in [1.807, 2.05) is 6.07 Å². The summed E-state index contributed by atoms with van der Waals surface area (Å²) in [5.74, 6) is -0.277. The number of carbonyl (C=O) groups is 2. The van der Waals surface area contributed by atoms with Gasteiger partial charge in [0.2, 0.25) is 17.3 Å². The summed E-state index contributed by atoms with van der Waals surface area (Å²) in [5, 5.41) is 3.62. The SMILES string of the molecule is CCC(=O)c1cc(C(=O)c2ccccc2)no1. The molecule has 0 atom stereocenters. The van der Waals surface area contributed by atoms with Gasteiger partial charge in [-0.2, -0.15) is 0 Å². The molecular weight excluding hydrogens is 218 g/mol. The highest BCUT2D eigenvalue weighted by molar-refractivity contribution is 6.08. The van der Waals surface area contributed by atoms with Crippen molar-refractivity contribution < 1.29 is 14.1 Å². The second kappa shape index (κ2) is 4.74. The van der Waals surface area contributed by atoms with Crippen molar-refractivity contribution in [2.75, 3.05) is 0 Å². The lowest BCUT2D eigenvalue weighted by atomic mass is 10.1. The molecule has 0 saturated heterocycles. The number of benzene rings is 1. The van der Waals surface area contributed by atoms with Crippen LogP contribution in [0.2, 0.25) is 0 Å². The van der Waals surface area contributed by atoms with Crippen LogP contribution in [0.1, 0.15) is 40.0 Å². The Morgan fingerprint density at radius 3 is 2.59 bits per heavy atom. The molecule has 0 spiro atoms. The number of carbonyl (C=O) groups excluding carboxylic acids is 2. The number of hydrogen-bond acceptors (Lipinski definition) is 4. The third-order valence-corrected chi connectivity index (χ3v) is 2.37. The molecule has 1 aromatic carbocycles. The van der Waals surface area contributed by atoms with Crippen molar-refractivity contribution in [3.05, 3.63) is 53.4 Å². The Labute approximate surface area is 98.2 Å². The third-order valence-electron chi connectivity index (χ3n) is 2.37. The lowest BCUT2D eigenvalue weighted by Gasteiger charge is -1.94. The molecule has 0 amide bonds. The van der Waals surface area contributed by atoms with Gasteiger partial charge in [-0.1, -0.05) is 42.4 Å². The summed E-state index contributed by atoms with van der Waals surface area (Å²) in [6, 6.07) is 10.1. The smallest absolute Gasteiger partial charge is 0.214 e. The summed E-state index contributed by atoms with van der Waals surface area (Å²) in [7, 11) is 0. The molecule has 1 heterocycles. The van der Waals surface area contributed by atoms with E-state index in [1.165, 1.54) is 6.07 Å². The summed E-state index contributed by atoms with van der Waals surface area (Å²) in [6.07, 6.45) is 0.328. The third kappa shape index (κ3) is 2.30. The summed E-state index contributed by atoms with van der Waals surface area (Å²) in [5.41, 5.74) is 0.685. The predicted molar refractivity (Wildman–Crippen MR) is 61.0 cm³/mol. The van der Waals surface area contributed by atoms with E-state index in [0.29, 0.717) is 12.0 Å². The zero-order valence-corrected chi connectivity index (χ0v) is 9.34. The van der Waals surface area contributed by atoms with Gasteiger partial charge in [0.1, 0.15) is 0 Å². The molecule has 0 unspecified atom stereocenters. The first kappa shape index (κ1) is 11.3. The Bertz CT molecular complexity index is 543. The molecule has 2 aromatic rings. The molecule has 17 heavy (non-hydrogen) atoms. The van der Waals surface area contributed by atoms with Crippen LogP contribution >= 0.6 is 0 Å². The zero-order chi connectivity index (χ0) is 12.3. The number of aromatic nitrogens is 1. The summed E-state index contributed by atoms with van der Waals surface area (Å²) >= 11 is 0. The van der Waals surface area contributed by atoms with Gasteiger partial charge in [-0.15, -0.1) is 0 Å². The first-order chi connectivity index (χ1) is 8.22. The fourth-order valence-corrected chi connectivity index (χ4v) is 1.43. The molecule has 0 bridgehead atoms. The first-order valence-corrected chi connectivity index (χ1v) is 5.32. The average Bonchev–Trinajstić information content (AvgIpc) is 2.87. The molecule has 0 aliphatic rings. The van der Waals surface area contributed by atoms with Crippen LogP contribution in [0, 0.1) is 0 Å². The fourth-order valence-electron chi connectivity index (χ4n) is 1.43. The summed E-state index contributed by atoms with van der Waals surface area (Å²) in [4.78, 5) is 23.3. The van der Waals surface area contributed by atoms with Gasteiger partial charge in [0, 0.05) is 18.1 Å². The van der Waals surface area contributed by atoms with Gasteiger partial charge in [0.05, 0.1) is 0 Å². The minimum Gasteiger partial charge on any atom is -0.352 e. The molecule has 0 aliphatic heterocycles. The van der Waals surface area contributed by atoms with E-state index in [1.54, 1.807) is 31.2 Å². The number of rotatable bonds is 4. The van der Waals surface area contributed by atoms with E-state index in [4.69, 9.17) is 4.52 Å². The van der Waals surface area contributed by atoms with Crippen molar-refractivity contribution in [2.24, 2.45) is 0 Å². The standard InChI is InChI=1S/C13H11NO3/c1-2-11(15)12-8-10(14-17-12)13(16)9-6-4-3-5-7-9/h3-8H,2H2,1H3. The molecular formula is C13H11NO3. The zero-order valence-electron chi connectivity index (χ0n) is 9.34. The lowest BCUT2D eigenvalue weighted by Crippen LogP contribution is -2.01. The van der Waals surface area contributed by atoms with Crippen LogP contribution < -0.4 is 0 Å². The number of nitrogens with zero attached hydrogens (tertiary/aromatic N) is 1. The van der Waals surface area contributed by atoms with E-state index in [0.717, 1.165) is 0 Å². The van der Waals surface area contributed by atoms with Crippen LogP contribution in [-0.4, -0.2) is 16.7 Å². The van der Waals surface area contributed by atoms with Crippen LogP contribution in [0.5, 0.6) is 0 Å². The molecule has 0 saturated carbocycles. The second-order valence-electron chi connectivity index (χ2n) is 3.55. The van der Waals surface area contributed by atoms with E-state index in [-0.39, 0.29) is 23.0 Å². The van der Waals surface area contributed by atoms with Gasteiger partial charge in [0.25, 0.3) is 0 Å². The molecule has 1 aromatic heterocycles. The normalized spacial score (nSPS) is 10.2. The highest BCUT2D eigenvalue weighted by Crippen LogP contribution is 2.11. The minimum absolute atomic E-state index is 0.131. The van der Waals surface area contributed by atoms with Crippen molar-refractivity contribution >= 4 is 11.6 Å². The summed E-state index contributed by atoms with van der Waals surface area (Å²) < 4.78 is 4.84. The number of ketones is 2. The van der Waals surface area contributed by atoms with Gasteiger partial charge in [-0.25, -0.2) is 0 Å². The van der Waals surface area contributed by atoms with Crippen LogP contribution in [0.4, 0.5) is 0 Å². The van der Waals surface area contributed by atoms with Crippen molar-refractivity contribution in [1.29, 1.82) is 0 Å². The van der Waals surface area contributed by atoms with Gasteiger partial charge >= 0.3 is 0 Å². The second-order valence-corrected chi connectivity index (χ2v) is 3.55. The first-order valence-electron chi connectivity index (χ1n) is 5.32. The molecule has 4 heteroatoms. The minimum atomic E-state index is -0.246. The predicted octanol–water partition coefficient (Wildman–Crippen LogP) is 2.50. The highest BCUT2D eigenvalue weighted by Gasteiger charge is 2.17. The Kier molecular flexibility index (Phi) is 3.14. The number of hydrogen-bond donors (Lipinski definition) is 0. The van der Waals surface area contributed by atoms with E-state index in [9.17, 15) is 9.59 Å². The molecule has 2 rings (SSSR count). The van der Waals surface area contributed by atoms with Crippen LogP contribution in [0.3, 0.4) is 0 Å². The van der Waals surface area contributed by atoms with Crippen molar-refractivity contribution in [3.8, 4) is 0 Å². The van der Waals surface area contributed by atoms with Crippen LogP contribution in [0.25, 0.3) is 0 Å². The molecule has 0 N–H and O–H groups in total. The van der Waals surface area contributed by atoms with Gasteiger partial charge in [-0.05, 0) is 0 Å². The molecule has 0 aliphatic carbocycles. The van der Waals surface area contributed by atoms with E-state index in [2.05, 4.69) is 5.16 Å². The highest BCUT2D eigenvalue weighted by atomic mass is 16.5. The fraction of sp³-hybridized carbons (Fsp3) is 0.154.